The fraction of sp³-hybridized carbons (Fsp3) is 0.533. The molecule has 0 unspecified atom stereocenters. The highest BCUT2D eigenvalue weighted by Crippen LogP contribution is 2.07. The van der Waals surface area contributed by atoms with E-state index in [1.54, 1.807) is 12.1 Å². The van der Waals surface area contributed by atoms with Crippen LogP contribution in [0.1, 0.15) is 37.3 Å². The molecular weight excluding hydrogens is 288 g/mol. The van der Waals surface area contributed by atoms with Gasteiger partial charge in [0, 0.05) is 19.3 Å². The van der Waals surface area contributed by atoms with E-state index in [1.807, 2.05) is 12.1 Å². The number of hydrogen-bond donors (Lipinski definition) is 2. The van der Waals surface area contributed by atoms with Gasteiger partial charge in [0.2, 0.25) is 0 Å². The lowest BCUT2D eigenvalue weighted by Gasteiger charge is -2.08. The van der Waals surface area contributed by atoms with Crippen LogP contribution in [0.25, 0.3) is 0 Å². The molecule has 2 amide bonds. The van der Waals surface area contributed by atoms with Crippen LogP contribution >= 0.6 is 0 Å². The molecule has 0 aliphatic rings. The normalized spacial score (nSPS) is 11.1. The zero-order valence-electron chi connectivity index (χ0n) is 12.7. The van der Waals surface area contributed by atoms with Gasteiger partial charge in [0.1, 0.15) is 0 Å². The first-order valence-corrected chi connectivity index (χ1v) is 9.24. The summed E-state index contributed by atoms with van der Waals surface area (Å²) in [6, 6.07) is 7.04. The molecule has 5 nitrogen and oxygen atoms in total. The number of nitrogens with one attached hydrogen (secondary N) is 2. The molecule has 0 bridgehead atoms. The molecule has 0 fully saturated rings. The predicted octanol–water partition coefficient (Wildman–Crippen LogP) is 2.22. The van der Waals surface area contributed by atoms with Crippen LogP contribution in [0.2, 0.25) is 0 Å². The van der Waals surface area contributed by atoms with Gasteiger partial charge in [0.25, 0.3) is 0 Å². The molecule has 0 saturated heterocycles. The Kier molecular flexibility index (Phi) is 7.22. The van der Waals surface area contributed by atoms with Crippen molar-refractivity contribution in [3.63, 3.8) is 0 Å². The minimum absolute atomic E-state index is 0.0403. The van der Waals surface area contributed by atoms with Crippen LogP contribution in [-0.2, 0) is 22.1 Å². The van der Waals surface area contributed by atoms with Crippen molar-refractivity contribution in [3.05, 3.63) is 35.4 Å². The van der Waals surface area contributed by atoms with Crippen LogP contribution in [0.15, 0.2) is 24.3 Å². The number of rotatable bonds is 8. The third-order valence-corrected chi connectivity index (χ3v) is 3.83. The molecule has 0 spiro atoms. The molecule has 0 saturated carbocycles. The fourth-order valence-corrected chi connectivity index (χ4v) is 2.68. The number of carbonyl (C=O) groups is 1. The lowest BCUT2D eigenvalue weighted by molar-refractivity contribution is 0.240. The minimum atomic E-state index is -3.01. The van der Waals surface area contributed by atoms with Crippen molar-refractivity contribution >= 4 is 15.9 Å². The third-order valence-electron chi connectivity index (χ3n) is 2.97. The minimum Gasteiger partial charge on any atom is -0.338 e. The van der Waals surface area contributed by atoms with Gasteiger partial charge in [-0.3, -0.25) is 0 Å². The van der Waals surface area contributed by atoms with Gasteiger partial charge < -0.3 is 10.6 Å². The molecule has 0 heterocycles. The summed E-state index contributed by atoms with van der Waals surface area (Å²) in [6.07, 6.45) is 4.45. The Labute approximate surface area is 127 Å². The molecule has 0 atom stereocenters. The van der Waals surface area contributed by atoms with Crippen molar-refractivity contribution in [2.75, 3.05) is 12.8 Å². The van der Waals surface area contributed by atoms with Crippen LogP contribution in [-0.4, -0.2) is 27.2 Å². The van der Waals surface area contributed by atoms with Gasteiger partial charge in [-0.2, -0.15) is 0 Å². The van der Waals surface area contributed by atoms with E-state index >= 15 is 0 Å². The Bertz CT molecular complexity index is 539. The SMILES string of the molecule is CCCCCNC(=O)NCc1ccc(CS(C)(=O)=O)cc1. The lowest BCUT2D eigenvalue weighted by Crippen LogP contribution is -2.35. The molecule has 1 aromatic rings. The van der Waals surface area contributed by atoms with Gasteiger partial charge >= 0.3 is 6.03 Å². The monoisotopic (exact) mass is 312 g/mol. The molecule has 0 radical (unpaired) electrons. The van der Waals surface area contributed by atoms with E-state index < -0.39 is 9.84 Å². The number of sulfone groups is 1. The van der Waals surface area contributed by atoms with E-state index in [2.05, 4.69) is 17.6 Å². The molecule has 2 N–H and O–H groups in total. The summed E-state index contributed by atoms with van der Waals surface area (Å²) in [4.78, 5) is 11.5. The van der Waals surface area contributed by atoms with Gasteiger partial charge in [0.05, 0.1) is 5.75 Å². The van der Waals surface area contributed by atoms with Gasteiger partial charge in [-0.1, -0.05) is 44.0 Å². The van der Waals surface area contributed by atoms with E-state index in [9.17, 15) is 13.2 Å². The van der Waals surface area contributed by atoms with Crippen molar-refractivity contribution < 1.29 is 13.2 Å². The van der Waals surface area contributed by atoms with Crippen LogP contribution in [0.5, 0.6) is 0 Å². The highest BCUT2D eigenvalue weighted by molar-refractivity contribution is 7.89. The molecule has 118 valence electrons. The van der Waals surface area contributed by atoms with Gasteiger partial charge in [-0.15, -0.1) is 0 Å². The van der Waals surface area contributed by atoms with Gasteiger partial charge in [-0.05, 0) is 17.5 Å². The van der Waals surface area contributed by atoms with E-state index in [0.29, 0.717) is 13.1 Å². The van der Waals surface area contributed by atoms with Gasteiger partial charge in [-0.25, -0.2) is 13.2 Å². The molecule has 1 rings (SSSR count). The summed E-state index contributed by atoms with van der Waals surface area (Å²) in [7, 11) is -3.01. The second kappa shape index (κ2) is 8.67. The number of unbranched alkanes of at least 4 members (excludes halogenated alkanes) is 2. The standard InChI is InChI=1S/C15H24N2O3S/c1-3-4-5-10-16-15(18)17-11-13-6-8-14(9-7-13)12-21(2,19)20/h6-9H,3-5,10-12H2,1-2H3,(H2,16,17,18). The average molecular weight is 312 g/mol. The molecule has 1 aromatic carbocycles. The van der Waals surface area contributed by atoms with Crippen LogP contribution in [0.3, 0.4) is 0 Å². The maximum absolute atomic E-state index is 11.5. The van der Waals surface area contributed by atoms with Gasteiger partial charge in [0.15, 0.2) is 9.84 Å². The molecule has 6 heteroatoms. The van der Waals surface area contributed by atoms with Crippen molar-refractivity contribution in [1.82, 2.24) is 10.6 Å². The average Bonchev–Trinajstić information content (AvgIpc) is 2.41. The summed E-state index contributed by atoms with van der Waals surface area (Å²) in [5, 5.41) is 5.58. The number of carbonyl (C=O) groups excluding carboxylic acids is 1. The lowest BCUT2D eigenvalue weighted by atomic mass is 10.1. The quantitative estimate of drug-likeness (QED) is 0.723. The number of urea groups is 1. The summed E-state index contributed by atoms with van der Waals surface area (Å²) in [5.74, 6) is 0.0403. The number of hydrogen-bond acceptors (Lipinski definition) is 3. The summed E-state index contributed by atoms with van der Waals surface area (Å²) >= 11 is 0. The predicted molar refractivity (Wildman–Crippen MR) is 84.8 cm³/mol. The zero-order valence-corrected chi connectivity index (χ0v) is 13.5. The Morgan fingerprint density at radius 3 is 2.24 bits per heavy atom. The van der Waals surface area contributed by atoms with Crippen molar-refractivity contribution in [2.45, 2.75) is 38.5 Å². The summed E-state index contributed by atoms with van der Waals surface area (Å²) < 4.78 is 22.4. The maximum atomic E-state index is 11.5. The van der Waals surface area contributed by atoms with E-state index in [0.717, 1.165) is 30.4 Å². The molecule has 21 heavy (non-hydrogen) atoms. The Morgan fingerprint density at radius 2 is 1.67 bits per heavy atom. The first-order chi connectivity index (χ1) is 9.90. The van der Waals surface area contributed by atoms with Crippen molar-refractivity contribution in [3.8, 4) is 0 Å². The second-order valence-corrected chi connectivity index (χ2v) is 7.34. The highest BCUT2D eigenvalue weighted by Gasteiger charge is 2.04. The fourth-order valence-electron chi connectivity index (χ4n) is 1.88. The van der Waals surface area contributed by atoms with E-state index in [-0.39, 0.29) is 11.8 Å². The number of amides is 2. The first-order valence-electron chi connectivity index (χ1n) is 7.18. The Morgan fingerprint density at radius 1 is 1.05 bits per heavy atom. The third kappa shape index (κ3) is 8.34. The maximum Gasteiger partial charge on any atom is 0.315 e. The second-order valence-electron chi connectivity index (χ2n) is 5.20. The summed E-state index contributed by atoms with van der Waals surface area (Å²) in [5.41, 5.74) is 1.70. The molecule has 0 aliphatic carbocycles. The van der Waals surface area contributed by atoms with E-state index in [1.165, 1.54) is 6.26 Å². The van der Waals surface area contributed by atoms with Crippen molar-refractivity contribution in [2.24, 2.45) is 0 Å². The van der Waals surface area contributed by atoms with E-state index in [4.69, 9.17) is 0 Å². The molecular formula is C15H24N2O3S. The molecule has 0 aromatic heterocycles. The van der Waals surface area contributed by atoms with Crippen LogP contribution in [0, 0.1) is 0 Å². The zero-order chi connectivity index (χ0) is 15.7. The number of benzene rings is 1. The highest BCUT2D eigenvalue weighted by atomic mass is 32.2. The topological polar surface area (TPSA) is 75.3 Å². The Hall–Kier alpha value is -1.56. The smallest absolute Gasteiger partial charge is 0.315 e. The largest absolute Gasteiger partial charge is 0.338 e. The first kappa shape index (κ1) is 17.5. The molecule has 0 aliphatic heterocycles. The Balaban J connectivity index is 2.34. The summed E-state index contributed by atoms with van der Waals surface area (Å²) in [6.45, 7) is 3.24. The van der Waals surface area contributed by atoms with Crippen LogP contribution < -0.4 is 10.6 Å². The van der Waals surface area contributed by atoms with Crippen molar-refractivity contribution in [1.29, 1.82) is 0 Å². The van der Waals surface area contributed by atoms with Crippen LogP contribution in [0.4, 0.5) is 4.79 Å².